The van der Waals surface area contributed by atoms with Crippen LogP contribution < -0.4 is 0 Å². The van der Waals surface area contributed by atoms with E-state index < -0.39 is 16.1 Å². The van der Waals surface area contributed by atoms with Crippen LogP contribution in [0.5, 0.6) is 0 Å². The minimum absolute atomic E-state index is 0.210. The van der Waals surface area contributed by atoms with Gasteiger partial charge in [-0.05, 0) is 35.4 Å². The molecule has 0 aromatic heterocycles. The zero-order valence-electron chi connectivity index (χ0n) is 15.9. The zero-order chi connectivity index (χ0) is 20.9. The number of nitrogens with zero attached hydrogens (tertiary/aromatic N) is 1. The first-order chi connectivity index (χ1) is 13.9. The van der Waals surface area contributed by atoms with E-state index in [1.807, 2.05) is 49.4 Å². The molecular formula is C21H19NO5S2. The summed E-state index contributed by atoms with van der Waals surface area (Å²) in [5, 5.41) is 5.11. The third-order valence-electron chi connectivity index (χ3n) is 4.04. The standard InChI is InChI=1S/C21H19NO5S2/c1-15-10-12-18(13-11-15)28-20(21(23)26-2)22-27-29(24,25)14-17-8-5-7-16-6-3-4-9-19(16)17/h3-13H,14H2,1-2H3. The van der Waals surface area contributed by atoms with Crippen LogP contribution in [0.25, 0.3) is 10.8 Å². The van der Waals surface area contributed by atoms with Crippen LogP contribution in [-0.2, 0) is 29.7 Å². The third kappa shape index (κ3) is 5.58. The molecule has 0 saturated carbocycles. The van der Waals surface area contributed by atoms with E-state index in [1.165, 1.54) is 7.11 Å². The van der Waals surface area contributed by atoms with Gasteiger partial charge in [0.2, 0.25) is 5.04 Å². The van der Waals surface area contributed by atoms with Crippen molar-refractivity contribution in [1.82, 2.24) is 0 Å². The highest BCUT2D eigenvalue weighted by Crippen LogP contribution is 2.23. The lowest BCUT2D eigenvalue weighted by atomic mass is 10.1. The molecule has 0 unspecified atom stereocenters. The maximum Gasteiger partial charge on any atom is 0.367 e. The molecule has 150 valence electrons. The smallest absolute Gasteiger partial charge is 0.367 e. The number of aryl methyl sites for hydroxylation is 1. The molecule has 0 amide bonds. The van der Waals surface area contributed by atoms with Gasteiger partial charge in [-0.3, -0.25) is 4.28 Å². The van der Waals surface area contributed by atoms with Crippen molar-refractivity contribution in [1.29, 1.82) is 0 Å². The van der Waals surface area contributed by atoms with Gasteiger partial charge in [0.25, 0.3) is 0 Å². The van der Waals surface area contributed by atoms with Crippen molar-refractivity contribution in [2.75, 3.05) is 7.11 Å². The molecule has 29 heavy (non-hydrogen) atoms. The summed E-state index contributed by atoms with van der Waals surface area (Å²) in [6.07, 6.45) is 0. The second kappa shape index (κ2) is 9.11. The van der Waals surface area contributed by atoms with Crippen molar-refractivity contribution >= 4 is 43.7 Å². The van der Waals surface area contributed by atoms with Gasteiger partial charge in [-0.1, -0.05) is 77.1 Å². The number of rotatable bonds is 5. The average Bonchev–Trinajstić information content (AvgIpc) is 2.72. The first-order valence-electron chi connectivity index (χ1n) is 8.67. The van der Waals surface area contributed by atoms with Crippen molar-refractivity contribution < 1.29 is 22.2 Å². The summed E-state index contributed by atoms with van der Waals surface area (Å²) >= 11 is 0.966. The number of thioether (sulfide) groups is 1. The van der Waals surface area contributed by atoms with Gasteiger partial charge in [0.15, 0.2) is 0 Å². The van der Waals surface area contributed by atoms with Crippen LogP contribution in [0.2, 0.25) is 0 Å². The summed E-state index contributed by atoms with van der Waals surface area (Å²) in [5.41, 5.74) is 1.64. The van der Waals surface area contributed by atoms with Crippen molar-refractivity contribution in [2.24, 2.45) is 5.16 Å². The van der Waals surface area contributed by atoms with E-state index in [9.17, 15) is 13.2 Å². The van der Waals surface area contributed by atoms with Crippen molar-refractivity contribution in [3.63, 3.8) is 0 Å². The van der Waals surface area contributed by atoms with Gasteiger partial charge in [0.1, 0.15) is 5.75 Å². The first kappa shape index (κ1) is 20.9. The van der Waals surface area contributed by atoms with E-state index >= 15 is 0 Å². The van der Waals surface area contributed by atoms with Crippen molar-refractivity contribution in [3.8, 4) is 0 Å². The zero-order valence-corrected chi connectivity index (χ0v) is 17.5. The summed E-state index contributed by atoms with van der Waals surface area (Å²) in [6.45, 7) is 1.94. The summed E-state index contributed by atoms with van der Waals surface area (Å²) in [5.74, 6) is -1.16. The fourth-order valence-corrected chi connectivity index (χ4v) is 4.29. The molecule has 0 radical (unpaired) electrons. The van der Waals surface area contributed by atoms with E-state index in [4.69, 9.17) is 4.28 Å². The Kier molecular flexibility index (Phi) is 6.56. The molecule has 0 bridgehead atoms. The maximum atomic E-state index is 12.5. The second-order valence-electron chi connectivity index (χ2n) is 6.22. The van der Waals surface area contributed by atoms with Crippen LogP contribution in [0.1, 0.15) is 11.1 Å². The van der Waals surface area contributed by atoms with Crippen LogP contribution >= 0.6 is 11.8 Å². The third-order valence-corrected chi connectivity index (χ3v) is 5.95. The number of carbonyl (C=O) groups is 1. The van der Waals surface area contributed by atoms with Crippen LogP contribution in [0.15, 0.2) is 76.8 Å². The van der Waals surface area contributed by atoms with E-state index in [0.717, 1.165) is 28.1 Å². The van der Waals surface area contributed by atoms with E-state index in [0.29, 0.717) is 10.5 Å². The van der Waals surface area contributed by atoms with Gasteiger partial charge >= 0.3 is 16.1 Å². The number of ether oxygens (including phenoxy) is 1. The van der Waals surface area contributed by atoms with Gasteiger partial charge in [-0.25, -0.2) is 4.79 Å². The lowest BCUT2D eigenvalue weighted by Gasteiger charge is -2.07. The molecule has 0 heterocycles. The molecule has 0 N–H and O–H groups in total. The number of benzene rings is 3. The number of hydrogen-bond acceptors (Lipinski definition) is 7. The fourth-order valence-electron chi connectivity index (χ4n) is 2.63. The molecule has 0 aliphatic heterocycles. The molecule has 8 heteroatoms. The Morgan fingerprint density at radius 3 is 2.41 bits per heavy atom. The molecule has 0 fully saturated rings. The van der Waals surface area contributed by atoms with E-state index in [1.54, 1.807) is 24.3 Å². The van der Waals surface area contributed by atoms with Gasteiger partial charge in [0.05, 0.1) is 7.11 Å². The van der Waals surface area contributed by atoms with Gasteiger partial charge in [-0.15, -0.1) is 0 Å². The number of oxime groups is 1. The molecule has 0 aliphatic carbocycles. The molecule has 0 aliphatic rings. The molecule has 3 rings (SSSR count). The minimum Gasteiger partial charge on any atom is -0.464 e. The molecule has 3 aromatic rings. The second-order valence-corrected chi connectivity index (χ2v) is 8.83. The molecular weight excluding hydrogens is 410 g/mol. The largest absolute Gasteiger partial charge is 0.464 e. The molecule has 3 aromatic carbocycles. The number of hydrogen-bond donors (Lipinski definition) is 0. The summed E-state index contributed by atoms with van der Waals surface area (Å²) in [4.78, 5) is 12.7. The Balaban J connectivity index is 1.81. The quantitative estimate of drug-likeness (QED) is 0.198. The Morgan fingerprint density at radius 1 is 1.00 bits per heavy atom. The van der Waals surface area contributed by atoms with Crippen LogP contribution in [0.4, 0.5) is 0 Å². The van der Waals surface area contributed by atoms with E-state index in [-0.39, 0.29) is 10.8 Å². The highest BCUT2D eigenvalue weighted by atomic mass is 32.2. The predicted molar refractivity (Wildman–Crippen MR) is 114 cm³/mol. The lowest BCUT2D eigenvalue weighted by molar-refractivity contribution is -0.132. The van der Waals surface area contributed by atoms with Crippen LogP contribution in [-0.4, -0.2) is 26.5 Å². The number of fused-ring (bicyclic) bond motifs is 1. The highest BCUT2D eigenvalue weighted by Gasteiger charge is 2.20. The monoisotopic (exact) mass is 429 g/mol. The molecule has 0 saturated heterocycles. The molecule has 6 nitrogen and oxygen atoms in total. The fraction of sp³-hybridized carbons (Fsp3) is 0.143. The minimum atomic E-state index is -4.07. The highest BCUT2D eigenvalue weighted by molar-refractivity contribution is 8.15. The summed E-state index contributed by atoms with van der Waals surface area (Å²) in [7, 11) is -2.88. The topological polar surface area (TPSA) is 82.0 Å². The number of methoxy groups -OCH3 is 1. The van der Waals surface area contributed by atoms with Gasteiger partial charge < -0.3 is 4.74 Å². The van der Waals surface area contributed by atoms with Crippen LogP contribution in [0.3, 0.4) is 0 Å². The van der Waals surface area contributed by atoms with Gasteiger partial charge in [0, 0.05) is 4.90 Å². The number of esters is 1. The lowest BCUT2D eigenvalue weighted by Crippen LogP contribution is -2.15. The van der Waals surface area contributed by atoms with Crippen molar-refractivity contribution in [2.45, 2.75) is 17.6 Å². The SMILES string of the molecule is COC(=O)C(=NOS(=O)(=O)Cc1cccc2ccccc12)Sc1ccc(C)cc1. The Bertz CT molecular complexity index is 1150. The Labute approximate surface area is 173 Å². The number of carbonyl (C=O) groups excluding carboxylic acids is 1. The maximum absolute atomic E-state index is 12.5. The normalized spacial score (nSPS) is 12.0. The summed E-state index contributed by atoms with van der Waals surface area (Å²) in [6, 6.07) is 20.2. The summed E-state index contributed by atoms with van der Waals surface area (Å²) < 4.78 is 34.4. The Morgan fingerprint density at radius 2 is 1.69 bits per heavy atom. The average molecular weight is 430 g/mol. The first-order valence-corrected chi connectivity index (χ1v) is 11.1. The molecule has 0 atom stereocenters. The Hall–Kier alpha value is -2.84. The van der Waals surface area contributed by atoms with Crippen molar-refractivity contribution in [3.05, 3.63) is 77.9 Å². The van der Waals surface area contributed by atoms with Gasteiger partial charge in [-0.2, -0.15) is 8.42 Å². The molecule has 0 spiro atoms. The van der Waals surface area contributed by atoms with E-state index in [2.05, 4.69) is 9.89 Å². The predicted octanol–water partition coefficient (Wildman–Crippen LogP) is 4.27. The van der Waals surface area contributed by atoms with Crippen LogP contribution in [0, 0.1) is 6.92 Å².